The second-order valence-corrected chi connectivity index (χ2v) is 7.98. The highest BCUT2D eigenvalue weighted by molar-refractivity contribution is 5.53. The lowest BCUT2D eigenvalue weighted by molar-refractivity contribution is 0.162. The molecule has 27 heavy (non-hydrogen) atoms. The van der Waals surface area contributed by atoms with Gasteiger partial charge in [-0.1, -0.05) is 24.3 Å². The van der Waals surface area contributed by atoms with E-state index in [0.717, 1.165) is 26.1 Å². The van der Waals surface area contributed by atoms with Gasteiger partial charge < -0.3 is 11.1 Å². The van der Waals surface area contributed by atoms with E-state index in [1.54, 1.807) is 0 Å². The van der Waals surface area contributed by atoms with Crippen molar-refractivity contribution in [3.63, 3.8) is 0 Å². The highest BCUT2D eigenvalue weighted by Crippen LogP contribution is 2.34. The minimum atomic E-state index is 0.451. The van der Waals surface area contributed by atoms with Crippen LogP contribution in [0.1, 0.15) is 55.0 Å². The molecule has 1 aliphatic heterocycles. The molecule has 2 aliphatic rings. The number of nitrogens with zero attached hydrogens (tertiary/aromatic N) is 2. The van der Waals surface area contributed by atoms with Crippen molar-refractivity contribution in [2.45, 2.75) is 57.0 Å². The molecule has 0 bridgehead atoms. The summed E-state index contributed by atoms with van der Waals surface area (Å²) >= 11 is 0. The van der Waals surface area contributed by atoms with Crippen LogP contribution in [0, 0.1) is 0 Å². The summed E-state index contributed by atoms with van der Waals surface area (Å²) in [6.07, 6.45) is 10.2. The highest BCUT2D eigenvalue weighted by atomic mass is 15.2. The fourth-order valence-electron chi connectivity index (χ4n) is 4.69. The fourth-order valence-corrected chi connectivity index (χ4v) is 4.69. The van der Waals surface area contributed by atoms with E-state index >= 15 is 0 Å². The minimum Gasteiger partial charge on any atom is -0.381 e. The van der Waals surface area contributed by atoms with Crippen molar-refractivity contribution in [2.75, 3.05) is 25.0 Å². The van der Waals surface area contributed by atoms with Crippen LogP contribution in [-0.4, -0.2) is 35.6 Å². The molecule has 0 saturated heterocycles. The van der Waals surface area contributed by atoms with E-state index in [1.807, 2.05) is 6.20 Å². The van der Waals surface area contributed by atoms with Crippen molar-refractivity contribution in [3.8, 4) is 0 Å². The average molecular weight is 365 g/mol. The van der Waals surface area contributed by atoms with Crippen LogP contribution < -0.4 is 11.1 Å². The first-order valence-corrected chi connectivity index (χ1v) is 10.6. The molecule has 0 radical (unpaired) electrons. The largest absolute Gasteiger partial charge is 0.381 e. The van der Waals surface area contributed by atoms with E-state index in [1.165, 1.54) is 61.0 Å². The molecule has 2 aromatic rings. The third-order valence-corrected chi connectivity index (χ3v) is 6.10. The Labute approximate surface area is 163 Å². The van der Waals surface area contributed by atoms with Crippen LogP contribution in [0.5, 0.6) is 0 Å². The van der Waals surface area contributed by atoms with Gasteiger partial charge in [0.1, 0.15) is 0 Å². The van der Waals surface area contributed by atoms with Gasteiger partial charge in [-0.15, -0.1) is 0 Å². The third kappa shape index (κ3) is 4.33. The molecular formula is C23H32N4. The number of para-hydroxylation sites is 1. The Balaban J connectivity index is 1.50. The lowest BCUT2D eigenvalue weighted by Gasteiger charge is -2.38. The van der Waals surface area contributed by atoms with Crippen LogP contribution in [0.2, 0.25) is 0 Å². The molecular weight excluding hydrogens is 332 g/mol. The van der Waals surface area contributed by atoms with Gasteiger partial charge in [-0.2, -0.15) is 0 Å². The van der Waals surface area contributed by atoms with Gasteiger partial charge in [0, 0.05) is 24.5 Å². The number of anilines is 1. The standard InChI is InChI=1S/C23H32N4/c24-14-3-4-16-27(22-11-5-8-19-9-6-15-25-23(19)22)17-20-13-12-18-7-1-2-10-21(18)26-20/h1-2,6-7,9-10,15,20,22,26H,3-5,8,11-14,16-17,24H2/t20?,22-/m0/s1. The number of aromatic nitrogens is 1. The predicted octanol–water partition coefficient (Wildman–Crippen LogP) is 3.93. The summed E-state index contributed by atoms with van der Waals surface area (Å²) in [5, 5.41) is 3.79. The fraction of sp³-hybridized carbons (Fsp3) is 0.522. The van der Waals surface area contributed by atoms with Gasteiger partial charge >= 0.3 is 0 Å². The number of rotatable bonds is 7. The monoisotopic (exact) mass is 364 g/mol. The Morgan fingerprint density at radius 2 is 1.93 bits per heavy atom. The van der Waals surface area contributed by atoms with Crippen LogP contribution in [0.4, 0.5) is 5.69 Å². The normalized spacial score (nSPS) is 21.4. The summed E-state index contributed by atoms with van der Waals surface area (Å²) < 4.78 is 0. The summed E-state index contributed by atoms with van der Waals surface area (Å²) in [7, 11) is 0. The second kappa shape index (κ2) is 8.85. The maximum absolute atomic E-state index is 5.76. The van der Waals surface area contributed by atoms with E-state index in [2.05, 4.69) is 46.6 Å². The molecule has 144 valence electrons. The zero-order valence-corrected chi connectivity index (χ0v) is 16.2. The summed E-state index contributed by atoms with van der Waals surface area (Å²) in [5.41, 5.74) is 11.3. The van der Waals surface area contributed by atoms with Gasteiger partial charge in [0.05, 0.1) is 11.7 Å². The molecule has 2 heterocycles. The van der Waals surface area contributed by atoms with Crippen molar-refractivity contribution in [2.24, 2.45) is 5.73 Å². The Morgan fingerprint density at radius 1 is 1.04 bits per heavy atom. The van der Waals surface area contributed by atoms with Crippen LogP contribution in [0.25, 0.3) is 0 Å². The molecule has 4 rings (SSSR count). The van der Waals surface area contributed by atoms with Crippen molar-refractivity contribution < 1.29 is 0 Å². The second-order valence-electron chi connectivity index (χ2n) is 7.98. The number of nitrogens with one attached hydrogen (secondary N) is 1. The zero-order chi connectivity index (χ0) is 18.5. The number of hydrogen-bond acceptors (Lipinski definition) is 4. The number of unbranched alkanes of at least 4 members (excludes halogenated alkanes) is 1. The van der Waals surface area contributed by atoms with E-state index in [4.69, 9.17) is 10.7 Å². The number of fused-ring (bicyclic) bond motifs is 2. The molecule has 4 nitrogen and oxygen atoms in total. The molecule has 1 aromatic carbocycles. The maximum atomic E-state index is 5.76. The number of benzene rings is 1. The molecule has 0 fully saturated rings. The van der Waals surface area contributed by atoms with Crippen LogP contribution in [0.3, 0.4) is 0 Å². The summed E-state index contributed by atoms with van der Waals surface area (Å²) in [6.45, 7) is 2.97. The lowest BCUT2D eigenvalue weighted by atomic mass is 9.90. The van der Waals surface area contributed by atoms with Crippen LogP contribution in [0.15, 0.2) is 42.6 Å². The molecule has 4 heteroatoms. The third-order valence-electron chi connectivity index (χ3n) is 6.10. The summed E-state index contributed by atoms with van der Waals surface area (Å²) in [6, 6.07) is 14.1. The predicted molar refractivity (Wildman–Crippen MR) is 112 cm³/mol. The lowest BCUT2D eigenvalue weighted by Crippen LogP contribution is -2.42. The van der Waals surface area contributed by atoms with Crippen LogP contribution in [-0.2, 0) is 12.8 Å². The van der Waals surface area contributed by atoms with E-state index in [-0.39, 0.29) is 0 Å². The van der Waals surface area contributed by atoms with Gasteiger partial charge in [0.25, 0.3) is 0 Å². The molecule has 0 spiro atoms. The van der Waals surface area contributed by atoms with Crippen molar-refractivity contribution in [3.05, 3.63) is 59.4 Å². The molecule has 0 saturated carbocycles. The van der Waals surface area contributed by atoms with Gasteiger partial charge in [-0.3, -0.25) is 9.88 Å². The molecule has 3 N–H and O–H groups in total. The molecule has 0 amide bonds. The number of pyridine rings is 1. The van der Waals surface area contributed by atoms with Crippen LogP contribution >= 0.6 is 0 Å². The Morgan fingerprint density at radius 3 is 2.85 bits per heavy atom. The first-order chi connectivity index (χ1) is 13.3. The number of aryl methyl sites for hydroxylation is 2. The minimum absolute atomic E-state index is 0.451. The first-order valence-electron chi connectivity index (χ1n) is 10.6. The highest BCUT2D eigenvalue weighted by Gasteiger charge is 2.29. The van der Waals surface area contributed by atoms with Gasteiger partial charge in [0.15, 0.2) is 0 Å². The number of hydrogen-bond donors (Lipinski definition) is 2. The summed E-state index contributed by atoms with van der Waals surface area (Å²) in [5.74, 6) is 0. The molecule has 1 aliphatic carbocycles. The summed E-state index contributed by atoms with van der Waals surface area (Å²) in [4.78, 5) is 7.48. The Bertz CT molecular complexity index is 745. The zero-order valence-electron chi connectivity index (χ0n) is 16.2. The topological polar surface area (TPSA) is 54.2 Å². The maximum Gasteiger partial charge on any atom is 0.0607 e. The molecule has 1 aromatic heterocycles. The van der Waals surface area contributed by atoms with Gasteiger partial charge in [0.2, 0.25) is 0 Å². The molecule has 2 atom stereocenters. The van der Waals surface area contributed by atoms with Gasteiger partial charge in [-0.05, 0) is 81.3 Å². The Kier molecular flexibility index (Phi) is 6.05. The van der Waals surface area contributed by atoms with Gasteiger partial charge in [-0.25, -0.2) is 0 Å². The molecule has 1 unspecified atom stereocenters. The van der Waals surface area contributed by atoms with Crippen molar-refractivity contribution in [1.82, 2.24) is 9.88 Å². The van der Waals surface area contributed by atoms with E-state index in [0.29, 0.717) is 12.1 Å². The van der Waals surface area contributed by atoms with Crippen molar-refractivity contribution in [1.29, 1.82) is 0 Å². The Hall–Kier alpha value is -1.91. The number of nitrogens with two attached hydrogens (primary N) is 1. The van der Waals surface area contributed by atoms with Crippen molar-refractivity contribution >= 4 is 5.69 Å². The van der Waals surface area contributed by atoms with E-state index in [9.17, 15) is 0 Å². The van der Waals surface area contributed by atoms with E-state index < -0.39 is 0 Å². The first kappa shape index (κ1) is 18.5. The smallest absolute Gasteiger partial charge is 0.0607 e. The quantitative estimate of drug-likeness (QED) is 0.731. The SMILES string of the molecule is NCCCCN(CC1CCc2ccccc2N1)[C@H]1CCCc2cccnc21. The average Bonchev–Trinajstić information content (AvgIpc) is 2.73.